The van der Waals surface area contributed by atoms with Gasteiger partial charge in [0, 0.05) is 16.7 Å². The Balaban J connectivity index is 1.54. The Bertz CT molecular complexity index is 1240. The van der Waals surface area contributed by atoms with Crippen LogP contribution in [0.4, 0.5) is 5.69 Å². The molecule has 0 unspecified atom stereocenters. The van der Waals surface area contributed by atoms with Gasteiger partial charge in [-0.15, -0.1) is 0 Å². The van der Waals surface area contributed by atoms with Crippen molar-refractivity contribution in [3.8, 4) is 11.5 Å². The molecule has 4 aromatic rings. The van der Waals surface area contributed by atoms with Crippen LogP contribution in [0, 0.1) is 6.92 Å². The molecule has 5 heteroatoms. The van der Waals surface area contributed by atoms with E-state index in [1.165, 1.54) is 16.3 Å². The molecule has 3 nitrogen and oxygen atoms in total. The molecule has 0 aliphatic carbocycles. The number of benzene rings is 4. The highest BCUT2D eigenvalue weighted by Crippen LogP contribution is 2.38. The molecule has 4 rings (SSSR count). The van der Waals surface area contributed by atoms with Gasteiger partial charge in [-0.2, -0.15) is 0 Å². The summed E-state index contributed by atoms with van der Waals surface area (Å²) >= 11 is 10.2. The zero-order valence-corrected chi connectivity index (χ0v) is 20.5. The smallest absolute Gasteiger partial charge is 0.180 e. The van der Waals surface area contributed by atoms with Crippen molar-refractivity contribution in [2.24, 2.45) is 0 Å². The van der Waals surface area contributed by atoms with Gasteiger partial charge in [0.05, 0.1) is 11.6 Å². The zero-order chi connectivity index (χ0) is 22.5. The summed E-state index contributed by atoms with van der Waals surface area (Å²) in [6.45, 7) is 5.61. The monoisotopic (exact) mass is 509 g/mol. The van der Waals surface area contributed by atoms with E-state index >= 15 is 0 Å². The van der Waals surface area contributed by atoms with Crippen LogP contribution in [0.1, 0.15) is 23.6 Å². The third kappa shape index (κ3) is 5.20. The van der Waals surface area contributed by atoms with Gasteiger partial charge >= 0.3 is 0 Å². The number of aryl methyl sites for hydroxylation is 1. The van der Waals surface area contributed by atoms with Gasteiger partial charge in [-0.3, -0.25) is 0 Å². The highest BCUT2D eigenvalue weighted by molar-refractivity contribution is 9.10. The van der Waals surface area contributed by atoms with Crippen molar-refractivity contribution in [1.29, 1.82) is 0 Å². The second-order valence-electron chi connectivity index (χ2n) is 7.58. The summed E-state index contributed by atoms with van der Waals surface area (Å²) in [6, 6.07) is 24.6. The third-order valence-corrected chi connectivity index (χ3v) is 6.07. The highest BCUT2D eigenvalue weighted by atomic mass is 79.9. The second-order valence-corrected chi connectivity index (χ2v) is 8.90. The average Bonchev–Trinajstić information content (AvgIpc) is 2.78. The molecule has 0 aromatic heterocycles. The summed E-state index contributed by atoms with van der Waals surface area (Å²) in [5.74, 6) is 1.23. The minimum atomic E-state index is 0.414. The lowest BCUT2D eigenvalue weighted by atomic mass is 10.1. The minimum absolute atomic E-state index is 0.414. The van der Waals surface area contributed by atoms with E-state index in [0.717, 1.165) is 21.3 Å². The summed E-state index contributed by atoms with van der Waals surface area (Å²) in [6.07, 6.45) is 0. The van der Waals surface area contributed by atoms with Gasteiger partial charge in [0.25, 0.3) is 0 Å². The fourth-order valence-corrected chi connectivity index (χ4v) is 4.48. The molecule has 0 heterocycles. The van der Waals surface area contributed by atoms with E-state index in [2.05, 4.69) is 64.6 Å². The summed E-state index contributed by atoms with van der Waals surface area (Å²) in [7, 11) is 0. The topological polar surface area (TPSA) is 30.5 Å². The number of anilines is 1. The molecule has 0 saturated carbocycles. The van der Waals surface area contributed by atoms with Gasteiger partial charge in [-0.05, 0) is 71.6 Å². The molecule has 0 aliphatic rings. The third-order valence-electron chi connectivity index (χ3n) is 5.29. The predicted octanol–water partition coefficient (Wildman–Crippen LogP) is 8.15. The number of rotatable bonds is 8. The SMILES string of the molecule is CCOc1cc(CNc2ccc(Br)cc2C)cc(Cl)c1OCc1cccc2ccccc12. The van der Waals surface area contributed by atoms with Gasteiger partial charge in [0.2, 0.25) is 0 Å². The van der Waals surface area contributed by atoms with Crippen LogP contribution < -0.4 is 14.8 Å². The summed E-state index contributed by atoms with van der Waals surface area (Å²) in [4.78, 5) is 0. The Kier molecular flexibility index (Phi) is 7.23. The quantitative estimate of drug-likeness (QED) is 0.259. The van der Waals surface area contributed by atoms with Gasteiger partial charge in [-0.1, -0.05) is 70.0 Å². The standard InChI is InChI=1S/C27H25BrClNO2/c1-3-31-26-15-19(16-30-25-12-11-22(28)13-18(25)2)14-24(29)27(26)32-17-21-9-6-8-20-7-4-5-10-23(20)21/h4-15,30H,3,16-17H2,1-2H3. The maximum Gasteiger partial charge on any atom is 0.180 e. The maximum atomic E-state index is 6.65. The molecule has 0 radical (unpaired) electrons. The Morgan fingerprint density at radius 1 is 0.938 bits per heavy atom. The van der Waals surface area contributed by atoms with Crippen molar-refractivity contribution < 1.29 is 9.47 Å². The van der Waals surface area contributed by atoms with E-state index in [0.29, 0.717) is 36.3 Å². The molecule has 0 bridgehead atoms. The molecule has 0 aliphatic heterocycles. The molecule has 164 valence electrons. The predicted molar refractivity (Wildman–Crippen MR) is 137 cm³/mol. The zero-order valence-electron chi connectivity index (χ0n) is 18.1. The van der Waals surface area contributed by atoms with Gasteiger partial charge in [0.1, 0.15) is 6.61 Å². The van der Waals surface area contributed by atoms with Crippen LogP contribution in [0.25, 0.3) is 10.8 Å². The average molecular weight is 511 g/mol. The van der Waals surface area contributed by atoms with Crippen molar-refractivity contribution in [1.82, 2.24) is 0 Å². The molecule has 4 aromatic carbocycles. The van der Waals surface area contributed by atoms with Crippen LogP contribution >= 0.6 is 27.5 Å². The van der Waals surface area contributed by atoms with E-state index < -0.39 is 0 Å². The van der Waals surface area contributed by atoms with Gasteiger partial charge in [0.15, 0.2) is 11.5 Å². The lowest BCUT2D eigenvalue weighted by molar-refractivity contribution is 0.270. The van der Waals surface area contributed by atoms with Crippen molar-refractivity contribution in [3.05, 3.63) is 99.0 Å². The van der Waals surface area contributed by atoms with E-state index in [1.54, 1.807) is 0 Å². The molecule has 32 heavy (non-hydrogen) atoms. The second kappa shape index (κ2) is 10.3. The molecule has 0 amide bonds. The van der Waals surface area contributed by atoms with Crippen LogP contribution in [0.15, 0.2) is 77.3 Å². The number of nitrogens with one attached hydrogen (secondary N) is 1. The number of fused-ring (bicyclic) bond motifs is 1. The van der Waals surface area contributed by atoms with Crippen molar-refractivity contribution in [2.45, 2.75) is 27.0 Å². The van der Waals surface area contributed by atoms with E-state index in [-0.39, 0.29) is 0 Å². The molecule has 0 saturated heterocycles. The lowest BCUT2D eigenvalue weighted by Crippen LogP contribution is -2.04. The lowest BCUT2D eigenvalue weighted by Gasteiger charge is -2.17. The van der Waals surface area contributed by atoms with E-state index in [1.807, 2.05) is 43.3 Å². The van der Waals surface area contributed by atoms with Crippen LogP contribution in [-0.2, 0) is 13.2 Å². The molecular formula is C27H25BrClNO2. The van der Waals surface area contributed by atoms with Crippen molar-refractivity contribution in [2.75, 3.05) is 11.9 Å². The molecule has 0 fully saturated rings. The number of halogens is 2. The summed E-state index contributed by atoms with van der Waals surface area (Å²) in [5, 5.41) is 6.38. The first-order valence-corrected chi connectivity index (χ1v) is 11.8. The Labute approximate surface area is 202 Å². The molecule has 0 spiro atoms. The van der Waals surface area contributed by atoms with E-state index in [9.17, 15) is 0 Å². The highest BCUT2D eigenvalue weighted by Gasteiger charge is 2.14. The first kappa shape index (κ1) is 22.5. The normalized spacial score (nSPS) is 10.9. The Morgan fingerprint density at radius 2 is 1.75 bits per heavy atom. The molecular weight excluding hydrogens is 486 g/mol. The Morgan fingerprint density at radius 3 is 2.56 bits per heavy atom. The van der Waals surface area contributed by atoms with Gasteiger partial charge < -0.3 is 14.8 Å². The van der Waals surface area contributed by atoms with Crippen LogP contribution in [0.5, 0.6) is 11.5 Å². The number of hydrogen-bond acceptors (Lipinski definition) is 3. The number of hydrogen-bond donors (Lipinski definition) is 1. The fourth-order valence-electron chi connectivity index (χ4n) is 3.72. The van der Waals surface area contributed by atoms with Crippen LogP contribution in [0.2, 0.25) is 5.02 Å². The summed E-state index contributed by atoms with van der Waals surface area (Å²) in [5.41, 5.74) is 4.39. The van der Waals surface area contributed by atoms with Crippen LogP contribution in [0.3, 0.4) is 0 Å². The molecule has 1 N–H and O–H groups in total. The minimum Gasteiger partial charge on any atom is -0.490 e. The summed E-state index contributed by atoms with van der Waals surface area (Å²) < 4.78 is 13.1. The first-order valence-electron chi connectivity index (χ1n) is 10.6. The largest absolute Gasteiger partial charge is 0.490 e. The fraction of sp³-hybridized carbons (Fsp3) is 0.185. The van der Waals surface area contributed by atoms with Crippen LogP contribution in [-0.4, -0.2) is 6.61 Å². The molecule has 0 atom stereocenters. The number of ether oxygens (including phenoxy) is 2. The van der Waals surface area contributed by atoms with E-state index in [4.69, 9.17) is 21.1 Å². The first-order chi connectivity index (χ1) is 15.5. The van der Waals surface area contributed by atoms with Crippen molar-refractivity contribution in [3.63, 3.8) is 0 Å². The maximum absolute atomic E-state index is 6.65. The van der Waals surface area contributed by atoms with Gasteiger partial charge in [-0.25, -0.2) is 0 Å². The Hall–Kier alpha value is -2.69. The van der Waals surface area contributed by atoms with Crippen molar-refractivity contribution >= 4 is 44.0 Å².